The van der Waals surface area contributed by atoms with Gasteiger partial charge in [-0.25, -0.2) is 0 Å². The lowest BCUT2D eigenvalue weighted by Gasteiger charge is -2.32. The molecular weight excluding hydrogens is 184 g/mol. The minimum absolute atomic E-state index is 0.575. The summed E-state index contributed by atoms with van der Waals surface area (Å²) in [5.74, 6) is 0. The van der Waals surface area contributed by atoms with Crippen LogP contribution in [0.5, 0.6) is 0 Å². The van der Waals surface area contributed by atoms with Crippen molar-refractivity contribution in [1.29, 1.82) is 0 Å². The Morgan fingerprint density at radius 3 is 2.80 bits per heavy atom. The Labute approximate surface area is 92.3 Å². The number of nitrogens with one attached hydrogen (secondary N) is 1. The smallest absolute Gasteiger partial charge is 0.0604 e. The highest BCUT2D eigenvalue weighted by Crippen LogP contribution is 2.28. The van der Waals surface area contributed by atoms with Crippen molar-refractivity contribution in [3.63, 3.8) is 0 Å². The highest BCUT2D eigenvalue weighted by Gasteiger charge is 2.15. The summed E-state index contributed by atoms with van der Waals surface area (Å²) in [4.78, 5) is 2.49. The number of anilines is 2. The average molecular weight is 204 g/mol. The summed E-state index contributed by atoms with van der Waals surface area (Å²) in [6, 6.07) is 9.19. The number of para-hydroxylation sites is 2. The van der Waals surface area contributed by atoms with E-state index in [1.165, 1.54) is 30.8 Å². The quantitative estimate of drug-likeness (QED) is 0.756. The number of rotatable bonds is 1. The molecule has 15 heavy (non-hydrogen) atoms. The SMILES string of the molecule is CC(C)N1CCCCNc2ccccc21. The molecule has 82 valence electrons. The maximum Gasteiger partial charge on any atom is 0.0604 e. The molecule has 1 aliphatic heterocycles. The van der Waals surface area contributed by atoms with Gasteiger partial charge in [-0.1, -0.05) is 12.1 Å². The molecule has 0 aromatic heterocycles. The predicted octanol–water partition coefficient (Wildman–Crippen LogP) is 3.11. The number of hydrogen-bond acceptors (Lipinski definition) is 2. The first kappa shape index (κ1) is 10.3. The molecule has 0 unspecified atom stereocenters. The van der Waals surface area contributed by atoms with E-state index in [9.17, 15) is 0 Å². The summed E-state index contributed by atoms with van der Waals surface area (Å²) in [5, 5.41) is 3.51. The molecule has 2 heteroatoms. The highest BCUT2D eigenvalue weighted by atomic mass is 15.2. The molecule has 2 rings (SSSR count). The van der Waals surface area contributed by atoms with Crippen LogP contribution in [0.15, 0.2) is 24.3 Å². The third-order valence-electron chi connectivity index (χ3n) is 2.98. The zero-order chi connectivity index (χ0) is 10.7. The summed E-state index contributed by atoms with van der Waals surface area (Å²) < 4.78 is 0. The lowest BCUT2D eigenvalue weighted by molar-refractivity contribution is 0.633. The predicted molar refractivity (Wildman–Crippen MR) is 66.6 cm³/mol. The van der Waals surface area contributed by atoms with E-state index >= 15 is 0 Å². The van der Waals surface area contributed by atoms with E-state index in [1.807, 2.05) is 0 Å². The van der Waals surface area contributed by atoms with Crippen molar-refractivity contribution < 1.29 is 0 Å². The largest absolute Gasteiger partial charge is 0.383 e. The van der Waals surface area contributed by atoms with Crippen molar-refractivity contribution in [3.8, 4) is 0 Å². The van der Waals surface area contributed by atoms with Gasteiger partial charge in [0.2, 0.25) is 0 Å². The molecule has 0 amide bonds. The van der Waals surface area contributed by atoms with Crippen LogP contribution in [0.4, 0.5) is 11.4 Å². The van der Waals surface area contributed by atoms with Gasteiger partial charge in [0.15, 0.2) is 0 Å². The normalized spacial score (nSPS) is 16.6. The Bertz CT molecular complexity index is 320. The van der Waals surface area contributed by atoms with Gasteiger partial charge in [-0.3, -0.25) is 0 Å². The molecule has 1 aliphatic rings. The van der Waals surface area contributed by atoms with Gasteiger partial charge in [0.1, 0.15) is 0 Å². The minimum Gasteiger partial charge on any atom is -0.383 e. The topological polar surface area (TPSA) is 15.3 Å². The summed E-state index contributed by atoms with van der Waals surface area (Å²) in [6.45, 7) is 6.80. The van der Waals surface area contributed by atoms with Crippen LogP contribution in [-0.2, 0) is 0 Å². The maximum absolute atomic E-state index is 3.51. The molecule has 1 aromatic carbocycles. The van der Waals surface area contributed by atoms with Gasteiger partial charge >= 0.3 is 0 Å². The zero-order valence-electron chi connectivity index (χ0n) is 9.66. The van der Waals surface area contributed by atoms with Gasteiger partial charge in [-0.2, -0.15) is 0 Å². The first-order valence-corrected chi connectivity index (χ1v) is 5.88. The van der Waals surface area contributed by atoms with Crippen LogP contribution < -0.4 is 10.2 Å². The molecule has 0 saturated carbocycles. The van der Waals surface area contributed by atoms with Crippen LogP contribution in [-0.4, -0.2) is 19.1 Å². The summed E-state index contributed by atoms with van der Waals surface area (Å²) in [6.07, 6.45) is 2.54. The van der Waals surface area contributed by atoms with Gasteiger partial charge in [0.05, 0.1) is 11.4 Å². The number of hydrogen-bond donors (Lipinski definition) is 1. The van der Waals surface area contributed by atoms with E-state index in [4.69, 9.17) is 0 Å². The second-order valence-corrected chi connectivity index (χ2v) is 4.44. The third-order valence-corrected chi connectivity index (χ3v) is 2.98. The molecule has 2 nitrogen and oxygen atoms in total. The molecular formula is C13H20N2. The molecule has 1 aromatic rings. The maximum atomic E-state index is 3.51. The molecule has 1 heterocycles. The van der Waals surface area contributed by atoms with Crippen LogP contribution in [0.25, 0.3) is 0 Å². The Hall–Kier alpha value is -1.18. The van der Waals surface area contributed by atoms with E-state index in [0.29, 0.717) is 6.04 Å². The summed E-state index contributed by atoms with van der Waals surface area (Å²) in [5.41, 5.74) is 2.64. The van der Waals surface area contributed by atoms with E-state index in [-0.39, 0.29) is 0 Å². The van der Waals surface area contributed by atoms with Crippen molar-refractivity contribution >= 4 is 11.4 Å². The van der Waals surface area contributed by atoms with Gasteiger partial charge in [-0.05, 0) is 38.8 Å². The standard InChI is InChI=1S/C13H20N2/c1-11(2)15-10-6-5-9-14-12-7-3-4-8-13(12)15/h3-4,7-8,11,14H,5-6,9-10H2,1-2H3. The molecule has 0 bridgehead atoms. The van der Waals surface area contributed by atoms with Crippen LogP contribution in [0.1, 0.15) is 26.7 Å². The first-order valence-electron chi connectivity index (χ1n) is 5.88. The van der Waals surface area contributed by atoms with Gasteiger partial charge in [0, 0.05) is 19.1 Å². The summed E-state index contributed by atoms with van der Waals surface area (Å²) >= 11 is 0. The Kier molecular flexibility index (Phi) is 3.14. The fraction of sp³-hybridized carbons (Fsp3) is 0.538. The molecule has 0 fully saturated rings. The van der Waals surface area contributed by atoms with Crippen molar-refractivity contribution in [2.45, 2.75) is 32.7 Å². The summed E-state index contributed by atoms with van der Waals surface area (Å²) in [7, 11) is 0. The molecule has 0 radical (unpaired) electrons. The van der Waals surface area contributed by atoms with Crippen molar-refractivity contribution in [1.82, 2.24) is 0 Å². The van der Waals surface area contributed by atoms with Gasteiger partial charge in [-0.15, -0.1) is 0 Å². The van der Waals surface area contributed by atoms with Crippen LogP contribution in [0, 0.1) is 0 Å². The van der Waals surface area contributed by atoms with Crippen LogP contribution in [0.3, 0.4) is 0 Å². The van der Waals surface area contributed by atoms with Gasteiger partial charge in [0.25, 0.3) is 0 Å². The van der Waals surface area contributed by atoms with Gasteiger partial charge < -0.3 is 10.2 Å². The number of fused-ring (bicyclic) bond motifs is 1. The van der Waals surface area contributed by atoms with E-state index < -0.39 is 0 Å². The van der Waals surface area contributed by atoms with Crippen LogP contribution >= 0.6 is 0 Å². The van der Waals surface area contributed by atoms with Crippen LogP contribution in [0.2, 0.25) is 0 Å². The highest BCUT2D eigenvalue weighted by molar-refractivity contribution is 5.70. The number of benzene rings is 1. The Balaban J connectivity index is 2.34. The lowest BCUT2D eigenvalue weighted by atomic mass is 10.1. The monoisotopic (exact) mass is 204 g/mol. The molecule has 1 N–H and O–H groups in total. The molecule has 0 aliphatic carbocycles. The third kappa shape index (κ3) is 2.25. The second kappa shape index (κ2) is 4.56. The second-order valence-electron chi connectivity index (χ2n) is 4.44. The van der Waals surface area contributed by atoms with E-state index in [1.54, 1.807) is 0 Å². The average Bonchev–Trinajstić information content (AvgIpc) is 2.18. The van der Waals surface area contributed by atoms with Crippen molar-refractivity contribution in [2.75, 3.05) is 23.3 Å². The number of nitrogens with zero attached hydrogens (tertiary/aromatic N) is 1. The molecule has 0 saturated heterocycles. The minimum atomic E-state index is 0.575. The molecule has 0 atom stereocenters. The van der Waals surface area contributed by atoms with E-state index in [2.05, 4.69) is 48.3 Å². The Morgan fingerprint density at radius 1 is 1.20 bits per heavy atom. The van der Waals surface area contributed by atoms with Crippen molar-refractivity contribution in [2.24, 2.45) is 0 Å². The first-order chi connectivity index (χ1) is 7.29. The Morgan fingerprint density at radius 2 is 2.00 bits per heavy atom. The molecule has 0 spiro atoms. The zero-order valence-corrected chi connectivity index (χ0v) is 9.66. The van der Waals surface area contributed by atoms with E-state index in [0.717, 1.165) is 6.54 Å². The van der Waals surface area contributed by atoms with Crippen molar-refractivity contribution in [3.05, 3.63) is 24.3 Å². The fourth-order valence-corrected chi connectivity index (χ4v) is 2.16. The fourth-order valence-electron chi connectivity index (χ4n) is 2.16. The lowest BCUT2D eigenvalue weighted by Crippen LogP contribution is -2.33.